The lowest BCUT2D eigenvalue weighted by Gasteiger charge is -2.18. The molecule has 2 unspecified atom stereocenters. The van der Waals surface area contributed by atoms with Crippen molar-refractivity contribution in [3.05, 3.63) is 23.8 Å². The third kappa shape index (κ3) is 3.92. The Morgan fingerprint density at radius 2 is 2.11 bits per heavy atom. The van der Waals surface area contributed by atoms with Gasteiger partial charge in [-0.1, -0.05) is 0 Å². The highest BCUT2D eigenvalue weighted by molar-refractivity contribution is 5.96. The Morgan fingerprint density at radius 3 is 2.67 bits per heavy atom. The van der Waals surface area contributed by atoms with E-state index in [4.69, 9.17) is 5.73 Å². The summed E-state index contributed by atoms with van der Waals surface area (Å²) in [6.07, 6.45) is 0.236. The lowest BCUT2D eigenvalue weighted by Crippen LogP contribution is -2.22. The van der Waals surface area contributed by atoms with Gasteiger partial charge in [0, 0.05) is 18.7 Å². The third-order valence-electron chi connectivity index (χ3n) is 2.64. The summed E-state index contributed by atoms with van der Waals surface area (Å²) in [5.74, 6) is -0.152. The highest BCUT2D eigenvalue weighted by Gasteiger charge is 2.10. The minimum absolute atomic E-state index is 0.0761. The molecule has 0 saturated heterocycles. The molecule has 1 aromatic rings. The molecule has 0 heterocycles. The van der Waals surface area contributed by atoms with Crippen molar-refractivity contribution in [2.75, 3.05) is 18.1 Å². The van der Waals surface area contributed by atoms with E-state index in [-0.39, 0.29) is 18.1 Å². The number of hydrogen-bond acceptors (Lipinski definition) is 4. The quantitative estimate of drug-likeness (QED) is 0.592. The molecule has 1 rings (SSSR count). The predicted octanol–water partition coefficient (Wildman–Crippen LogP) is 1.20. The van der Waals surface area contributed by atoms with Crippen LogP contribution in [0.1, 0.15) is 30.6 Å². The van der Waals surface area contributed by atoms with E-state index in [1.54, 1.807) is 32.2 Å². The second kappa shape index (κ2) is 6.26. The Labute approximate surface area is 107 Å². The van der Waals surface area contributed by atoms with Crippen molar-refractivity contribution in [1.29, 1.82) is 0 Å². The van der Waals surface area contributed by atoms with Crippen LogP contribution in [-0.4, -0.2) is 30.2 Å². The molecule has 0 radical (unpaired) electrons. The molecule has 5 nitrogen and oxygen atoms in total. The number of aliphatic hydroxyl groups is 1. The SMILES string of the molecule is CNC(=O)c1ccc(N)c(NC(C)CC(C)O)c1. The maximum Gasteiger partial charge on any atom is 0.251 e. The number of carbonyl (C=O) groups excluding carboxylic acids is 1. The number of nitrogen functional groups attached to an aromatic ring is 1. The number of rotatable bonds is 5. The molecule has 0 spiro atoms. The van der Waals surface area contributed by atoms with Crippen LogP contribution in [-0.2, 0) is 0 Å². The number of anilines is 2. The minimum Gasteiger partial charge on any atom is -0.397 e. The van der Waals surface area contributed by atoms with Gasteiger partial charge in [0.15, 0.2) is 0 Å². The molecule has 0 saturated carbocycles. The van der Waals surface area contributed by atoms with Crippen LogP contribution in [0.15, 0.2) is 18.2 Å². The fourth-order valence-electron chi connectivity index (χ4n) is 1.80. The van der Waals surface area contributed by atoms with Gasteiger partial charge < -0.3 is 21.5 Å². The van der Waals surface area contributed by atoms with Crippen LogP contribution in [0.5, 0.6) is 0 Å². The zero-order chi connectivity index (χ0) is 13.7. The Morgan fingerprint density at radius 1 is 1.44 bits per heavy atom. The molecule has 5 heteroatoms. The third-order valence-corrected chi connectivity index (χ3v) is 2.64. The molecule has 0 aromatic heterocycles. The number of nitrogens with two attached hydrogens (primary N) is 1. The van der Waals surface area contributed by atoms with Gasteiger partial charge in [-0.05, 0) is 38.5 Å². The zero-order valence-corrected chi connectivity index (χ0v) is 11.0. The largest absolute Gasteiger partial charge is 0.397 e. The van der Waals surface area contributed by atoms with Crippen LogP contribution in [0.25, 0.3) is 0 Å². The van der Waals surface area contributed by atoms with Gasteiger partial charge in [0.1, 0.15) is 0 Å². The summed E-state index contributed by atoms with van der Waals surface area (Å²) >= 11 is 0. The summed E-state index contributed by atoms with van der Waals surface area (Å²) in [6, 6.07) is 5.17. The van der Waals surface area contributed by atoms with Crippen molar-refractivity contribution in [3.63, 3.8) is 0 Å². The number of benzene rings is 1. The Bertz CT molecular complexity index is 419. The topological polar surface area (TPSA) is 87.4 Å². The second-order valence-corrected chi connectivity index (χ2v) is 4.51. The van der Waals surface area contributed by atoms with E-state index < -0.39 is 0 Å². The molecule has 0 bridgehead atoms. The van der Waals surface area contributed by atoms with E-state index >= 15 is 0 Å². The molecule has 0 aliphatic carbocycles. The van der Waals surface area contributed by atoms with Gasteiger partial charge in [0.05, 0.1) is 17.5 Å². The molecule has 1 amide bonds. The van der Waals surface area contributed by atoms with Crippen LogP contribution in [0.2, 0.25) is 0 Å². The molecule has 0 aliphatic rings. The van der Waals surface area contributed by atoms with Crippen LogP contribution in [0, 0.1) is 0 Å². The fraction of sp³-hybridized carbons (Fsp3) is 0.462. The monoisotopic (exact) mass is 251 g/mol. The first-order chi connectivity index (χ1) is 8.43. The van der Waals surface area contributed by atoms with Gasteiger partial charge in [-0.15, -0.1) is 0 Å². The predicted molar refractivity (Wildman–Crippen MR) is 73.6 cm³/mol. The molecule has 18 heavy (non-hydrogen) atoms. The Balaban J connectivity index is 2.84. The van der Waals surface area contributed by atoms with E-state index in [2.05, 4.69) is 10.6 Å². The van der Waals surface area contributed by atoms with Crippen molar-refractivity contribution in [1.82, 2.24) is 5.32 Å². The van der Waals surface area contributed by atoms with Crippen molar-refractivity contribution in [2.45, 2.75) is 32.4 Å². The molecule has 5 N–H and O–H groups in total. The molecule has 1 aromatic carbocycles. The maximum atomic E-state index is 11.5. The van der Waals surface area contributed by atoms with Gasteiger partial charge >= 0.3 is 0 Å². The number of aliphatic hydroxyl groups excluding tert-OH is 1. The average Bonchev–Trinajstić information content (AvgIpc) is 2.30. The van der Waals surface area contributed by atoms with Crippen LogP contribution in [0.4, 0.5) is 11.4 Å². The Hall–Kier alpha value is -1.75. The minimum atomic E-state index is -0.379. The highest BCUT2D eigenvalue weighted by atomic mass is 16.3. The van der Waals surface area contributed by atoms with E-state index in [9.17, 15) is 9.90 Å². The van der Waals surface area contributed by atoms with Gasteiger partial charge in [-0.2, -0.15) is 0 Å². The first-order valence-electron chi connectivity index (χ1n) is 6.00. The summed E-state index contributed by atoms with van der Waals surface area (Å²) in [7, 11) is 1.59. The first-order valence-corrected chi connectivity index (χ1v) is 6.00. The summed E-state index contributed by atoms with van der Waals surface area (Å²) < 4.78 is 0. The standard InChI is InChI=1S/C13H21N3O2/c1-8(6-9(2)17)16-12-7-10(13(18)15-3)4-5-11(12)14/h4-5,7-9,16-17H,6,14H2,1-3H3,(H,15,18). The first kappa shape index (κ1) is 14.3. The van der Waals surface area contributed by atoms with Crippen molar-refractivity contribution < 1.29 is 9.90 Å². The number of amides is 1. The van der Waals surface area contributed by atoms with Gasteiger partial charge in [0.25, 0.3) is 5.91 Å². The van der Waals surface area contributed by atoms with E-state index in [1.165, 1.54) is 0 Å². The van der Waals surface area contributed by atoms with Crippen molar-refractivity contribution >= 4 is 17.3 Å². The highest BCUT2D eigenvalue weighted by Crippen LogP contribution is 2.21. The number of hydrogen-bond donors (Lipinski definition) is 4. The number of nitrogens with one attached hydrogen (secondary N) is 2. The smallest absolute Gasteiger partial charge is 0.251 e. The average molecular weight is 251 g/mol. The molecular weight excluding hydrogens is 230 g/mol. The van der Waals surface area contributed by atoms with Crippen LogP contribution < -0.4 is 16.4 Å². The summed E-state index contributed by atoms with van der Waals surface area (Å²) in [4.78, 5) is 11.5. The normalized spacial score (nSPS) is 13.8. The number of carbonyl (C=O) groups is 1. The maximum absolute atomic E-state index is 11.5. The molecule has 0 aliphatic heterocycles. The summed E-state index contributed by atoms with van der Waals surface area (Å²) in [5.41, 5.74) is 7.70. The van der Waals surface area contributed by atoms with Gasteiger partial charge in [-0.3, -0.25) is 4.79 Å². The van der Waals surface area contributed by atoms with E-state index in [1.807, 2.05) is 6.92 Å². The zero-order valence-electron chi connectivity index (χ0n) is 11.0. The molecule has 0 fully saturated rings. The summed E-state index contributed by atoms with van der Waals surface area (Å²) in [6.45, 7) is 3.70. The lowest BCUT2D eigenvalue weighted by atomic mass is 10.1. The molecule has 2 atom stereocenters. The fourth-order valence-corrected chi connectivity index (χ4v) is 1.80. The van der Waals surface area contributed by atoms with Gasteiger partial charge in [0.2, 0.25) is 0 Å². The molecule has 100 valence electrons. The lowest BCUT2D eigenvalue weighted by molar-refractivity contribution is 0.0963. The van der Waals surface area contributed by atoms with Crippen LogP contribution in [0.3, 0.4) is 0 Å². The molecular formula is C13H21N3O2. The van der Waals surface area contributed by atoms with Gasteiger partial charge in [-0.25, -0.2) is 0 Å². The van der Waals surface area contributed by atoms with Crippen LogP contribution >= 0.6 is 0 Å². The second-order valence-electron chi connectivity index (χ2n) is 4.51. The Kier molecular flexibility index (Phi) is 4.97. The van der Waals surface area contributed by atoms with Crippen molar-refractivity contribution in [3.8, 4) is 0 Å². The van der Waals surface area contributed by atoms with Crippen molar-refractivity contribution in [2.24, 2.45) is 0 Å². The summed E-state index contributed by atoms with van der Waals surface area (Å²) in [5, 5.41) is 15.1. The van der Waals surface area contributed by atoms with E-state index in [0.717, 1.165) is 0 Å². The van der Waals surface area contributed by atoms with E-state index in [0.29, 0.717) is 23.4 Å².